The Balaban J connectivity index is 0.00000115. The highest BCUT2D eigenvalue weighted by Crippen LogP contribution is 2.17. The molecular weight excluding hydrogens is 454 g/mol. The molecule has 0 atom stereocenters. The molecule has 4 aromatic rings. The molecule has 8 nitrogen and oxygen atoms in total. The minimum Gasteiger partial charge on any atom is -0.493 e. The molecule has 1 N–H and O–H groups in total. The molecule has 0 aliphatic carbocycles. The van der Waals surface area contributed by atoms with Crippen LogP contribution in [0, 0.1) is 0 Å². The standard InChI is InChI=1S/C26H25N5O2.C2H6O/c1-27-30-31-28-18-21-8-14-24(15-9-21)32-17-16-20-6-12-25(13-7-20)33-19-23-11-10-22-4-2-3-5-26(22)29-23;1-3-2/h2-15H,1,16-19H2,(H,28,30);1-2H3. The molecule has 186 valence electrons. The topological polar surface area (TPSA) is 89.7 Å². The van der Waals surface area contributed by atoms with Gasteiger partial charge in [-0.15, -0.1) is 0 Å². The second-order valence-corrected chi connectivity index (χ2v) is 7.74. The van der Waals surface area contributed by atoms with Crippen LogP contribution in [0.4, 0.5) is 0 Å². The first-order valence-electron chi connectivity index (χ1n) is 11.5. The zero-order valence-electron chi connectivity index (χ0n) is 20.6. The van der Waals surface area contributed by atoms with Crippen molar-refractivity contribution in [1.82, 2.24) is 10.5 Å². The summed E-state index contributed by atoms with van der Waals surface area (Å²) in [6.45, 7) is 4.76. The molecule has 1 aromatic heterocycles. The van der Waals surface area contributed by atoms with E-state index in [1.54, 1.807) is 14.2 Å². The summed E-state index contributed by atoms with van der Waals surface area (Å²) in [6.07, 6.45) is 0.808. The Bertz CT molecular complexity index is 1230. The van der Waals surface area contributed by atoms with Crippen molar-refractivity contribution >= 4 is 17.6 Å². The van der Waals surface area contributed by atoms with Crippen LogP contribution in [0.1, 0.15) is 16.8 Å². The van der Waals surface area contributed by atoms with Gasteiger partial charge in [-0.1, -0.05) is 53.8 Å². The van der Waals surface area contributed by atoms with Crippen LogP contribution in [0.5, 0.6) is 11.5 Å². The van der Waals surface area contributed by atoms with Crippen LogP contribution >= 0.6 is 0 Å². The molecule has 0 spiro atoms. The number of aromatic nitrogens is 1. The molecule has 3 aromatic carbocycles. The third-order valence-electron chi connectivity index (χ3n) is 4.99. The van der Waals surface area contributed by atoms with Gasteiger partial charge >= 0.3 is 0 Å². The molecule has 0 saturated carbocycles. The lowest BCUT2D eigenvalue weighted by Gasteiger charge is -2.09. The Kier molecular flexibility index (Phi) is 10.9. The summed E-state index contributed by atoms with van der Waals surface area (Å²) in [5.41, 5.74) is 6.44. The van der Waals surface area contributed by atoms with Crippen molar-refractivity contribution in [2.45, 2.75) is 19.6 Å². The third kappa shape index (κ3) is 8.81. The molecule has 0 radical (unpaired) electrons. The van der Waals surface area contributed by atoms with E-state index in [-0.39, 0.29) is 0 Å². The first kappa shape index (κ1) is 26.3. The van der Waals surface area contributed by atoms with Gasteiger partial charge in [0, 0.05) is 32.7 Å². The van der Waals surface area contributed by atoms with Gasteiger partial charge in [0.2, 0.25) is 0 Å². The van der Waals surface area contributed by atoms with Crippen LogP contribution in [-0.2, 0) is 24.3 Å². The van der Waals surface area contributed by atoms with Crippen molar-refractivity contribution < 1.29 is 14.2 Å². The quantitative estimate of drug-likeness (QED) is 0.165. The molecule has 1 heterocycles. The molecule has 0 fully saturated rings. The number of hydrogen-bond acceptors (Lipinski definition) is 7. The number of methoxy groups -OCH3 is 1. The van der Waals surface area contributed by atoms with E-state index in [0.29, 0.717) is 19.8 Å². The number of ether oxygens (including phenoxy) is 3. The van der Waals surface area contributed by atoms with Crippen molar-refractivity contribution in [2.75, 3.05) is 20.8 Å². The van der Waals surface area contributed by atoms with Gasteiger partial charge in [0.05, 0.1) is 24.4 Å². The molecule has 0 unspecified atom stereocenters. The van der Waals surface area contributed by atoms with E-state index in [1.807, 2.05) is 60.7 Å². The van der Waals surface area contributed by atoms with Gasteiger partial charge in [-0.2, -0.15) is 15.8 Å². The van der Waals surface area contributed by atoms with E-state index in [4.69, 9.17) is 9.47 Å². The van der Waals surface area contributed by atoms with Crippen molar-refractivity contribution in [3.05, 3.63) is 102 Å². The molecule has 36 heavy (non-hydrogen) atoms. The van der Waals surface area contributed by atoms with Crippen LogP contribution in [0.3, 0.4) is 0 Å². The molecule has 0 saturated heterocycles. The Hall–Kier alpha value is -4.30. The minimum absolute atomic E-state index is 0.437. The number of pyridine rings is 1. The van der Waals surface area contributed by atoms with Gasteiger partial charge in [0.25, 0.3) is 0 Å². The van der Waals surface area contributed by atoms with Crippen LogP contribution in [-0.4, -0.2) is 32.5 Å². The Morgan fingerprint density at radius 1 is 0.806 bits per heavy atom. The maximum atomic E-state index is 5.90. The average molecular weight is 486 g/mol. The highest BCUT2D eigenvalue weighted by Gasteiger charge is 2.02. The second kappa shape index (κ2) is 14.9. The fourth-order valence-electron chi connectivity index (χ4n) is 3.26. The molecule has 0 amide bonds. The van der Waals surface area contributed by atoms with Gasteiger partial charge in [-0.3, -0.25) is 0 Å². The maximum absolute atomic E-state index is 5.90. The Morgan fingerprint density at radius 2 is 1.47 bits per heavy atom. The van der Waals surface area contributed by atoms with E-state index in [1.165, 1.54) is 5.56 Å². The number of rotatable bonds is 11. The van der Waals surface area contributed by atoms with Crippen LogP contribution in [0.25, 0.3) is 10.9 Å². The first-order chi connectivity index (χ1) is 17.7. The van der Waals surface area contributed by atoms with Gasteiger partial charge in [0.1, 0.15) is 18.1 Å². The van der Waals surface area contributed by atoms with Crippen molar-refractivity contribution in [3.63, 3.8) is 0 Å². The minimum atomic E-state index is 0.437. The lowest BCUT2D eigenvalue weighted by molar-refractivity contribution is 0.277. The van der Waals surface area contributed by atoms with Crippen LogP contribution < -0.4 is 15.0 Å². The maximum Gasteiger partial charge on any atom is 0.130 e. The second-order valence-electron chi connectivity index (χ2n) is 7.74. The first-order valence-corrected chi connectivity index (χ1v) is 11.5. The van der Waals surface area contributed by atoms with Crippen molar-refractivity contribution in [1.29, 1.82) is 0 Å². The van der Waals surface area contributed by atoms with Gasteiger partial charge in [0.15, 0.2) is 0 Å². The number of hydrazone groups is 1. The predicted octanol–water partition coefficient (Wildman–Crippen LogP) is 5.77. The van der Waals surface area contributed by atoms with E-state index in [9.17, 15) is 0 Å². The van der Waals surface area contributed by atoms with Gasteiger partial charge in [-0.05, 0) is 47.5 Å². The monoisotopic (exact) mass is 485 g/mol. The number of nitrogens with zero attached hydrogens (tertiary/aromatic N) is 4. The molecule has 0 bridgehead atoms. The lowest BCUT2D eigenvalue weighted by Crippen LogP contribution is -2.02. The summed E-state index contributed by atoms with van der Waals surface area (Å²) >= 11 is 0. The number of benzene rings is 3. The number of hydrogen-bond donors (Lipinski definition) is 1. The average Bonchev–Trinajstić information content (AvgIpc) is 2.92. The van der Waals surface area contributed by atoms with Crippen molar-refractivity contribution in [2.24, 2.45) is 15.4 Å². The van der Waals surface area contributed by atoms with E-state index < -0.39 is 0 Å². The van der Waals surface area contributed by atoms with E-state index >= 15 is 0 Å². The number of fused-ring (bicyclic) bond motifs is 1. The molecule has 4 rings (SSSR count). The predicted molar refractivity (Wildman–Crippen MR) is 142 cm³/mol. The van der Waals surface area contributed by atoms with E-state index in [0.717, 1.165) is 40.1 Å². The summed E-state index contributed by atoms with van der Waals surface area (Å²) in [5.74, 6) is 1.64. The highest BCUT2D eigenvalue weighted by molar-refractivity contribution is 5.78. The third-order valence-corrected chi connectivity index (χ3v) is 4.99. The zero-order chi connectivity index (χ0) is 25.4. The summed E-state index contributed by atoms with van der Waals surface area (Å²) in [7, 11) is 3.25. The Morgan fingerprint density at radius 3 is 2.19 bits per heavy atom. The summed E-state index contributed by atoms with van der Waals surface area (Å²) < 4.78 is 16.0. The summed E-state index contributed by atoms with van der Waals surface area (Å²) in [5, 5.41) is 12.1. The number of para-hydroxylation sites is 1. The largest absolute Gasteiger partial charge is 0.493 e. The van der Waals surface area contributed by atoms with E-state index in [2.05, 4.69) is 61.7 Å². The normalized spacial score (nSPS) is 10.5. The van der Waals surface area contributed by atoms with Gasteiger partial charge < -0.3 is 14.2 Å². The summed E-state index contributed by atoms with van der Waals surface area (Å²) in [4.78, 5) is 4.64. The fourth-order valence-corrected chi connectivity index (χ4v) is 3.26. The molecular formula is C28H31N5O3. The van der Waals surface area contributed by atoms with Crippen LogP contribution in [0.2, 0.25) is 0 Å². The fraction of sp³-hybridized carbons (Fsp3) is 0.214. The number of nitrogens with one attached hydrogen (secondary N) is 1. The van der Waals surface area contributed by atoms with Crippen molar-refractivity contribution in [3.8, 4) is 11.5 Å². The lowest BCUT2D eigenvalue weighted by atomic mass is 10.1. The molecule has 8 heteroatoms. The molecule has 0 aliphatic rings. The highest BCUT2D eigenvalue weighted by atomic mass is 16.5. The Labute approximate surface area is 211 Å². The zero-order valence-corrected chi connectivity index (χ0v) is 20.6. The smallest absolute Gasteiger partial charge is 0.130 e. The van der Waals surface area contributed by atoms with Gasteiger partial charge in [-0.25, -0.2) is 4.98 Å². The SMILES string of the molecule is C=NNN=NCc1ccc(OCCc2ccc(OCc3ccc4ccccc4n3)cc2)cc1.COC. The molecule has 0 aliphatic heterocycles. The summed E-state index contributed by atoms with van der Waals surface area (Å²) in [6, 6.07) is 28.0. The van der Waals surface area contributed by atoms with Crippen LogP contribution in [0.15, 0.2) is 100 Å².